The van der Waals surface area contributed by atoms with E-state index in [0.29, 0.717) is 5.69 Å². The molecule has 1 unspecified atom stereocenters. The van der Waals surface area contributed by atoms with Crippen molar-refractivity contribution < 1.29 is 9.13 Å². The second-order valence-corrected chi connectivity index (χ2v) is 7.69. The van der Waals surface area contributed by atoms with Crippen molar-refractivity contribution >= 4 is 5.69 Å². The Morgan fingerprint density at radius 3 is 2.37 bits per heavy atom. The monoisotopic (exact) mass is 410 g/mol. The van der Waals surface area contributed by atoms with E-state index in [9.17, 15) is 4.39 Å². The normalized spacial score (nSPS) is 16.1. The van der Waals surface area contributed by atoms with Crippen molar-refractivity contribution in [3.63, 3.8) is 0 Å². The highest BCUT2D eigenvalue weighted by Gasteiger charge is 2.33. The van der Waals surface area contributed by atoms with Crippen LogP contribution in [0.5, 0.6) is 5.75 Å². The first-order valence-electron chi connectivity index (χ1n) is 10.2. The molecule has 4 rings (SSSR count). The van der Waals surface area contributed by atoms with Crippen LogP contribution in [0.1, 0.15) is 37.3 Å². The van der Waals surface area contributed by atoms with Crippen LogP contribution in [0.3, 0.4) is 0 Å². The standard InChI is InChI=1S/C22H27FN6O/c1-16(2)29-22(24-25-26-29)21(17-8-4-7-11-20(17)30-3)28-14-12-27(13-15-28)19-10-6-5-9-18(19)23/h4-11,16,21H,12-15H2,1-3H3. The second kappa shape index (κ2) is 8.79. The highest BCUT2D eigenvalue weighted by Crippen LogP contribution is 2.35. The second-order valence-electron chi connectivity index (χ2n) is 7.69. The molecule has 0 radical (unpaired) electrons. The topological polar surface area (TPSA) is 59.3 Å². The Morgan fingerprint density at radius 2 is 1.67 bits per heavy atom. The fraction of sp³-hybridized carbons (Fsp3) is 0.409. The summed E-state index contributed by atoms with van der Waals surface area (Å²) >= 11 is 0. The number of piperazine rings is 1. The predicted octanol–water partition coefficient (Wildman–Crippen LogP) is 3.31. The molecule has 1 fully saturated rings. The zero-order chi connectivity index (χ0) is 21.1. The molecule has 3 aromatic rings. The van der Waals surface area contributed by atoms with Crippen molar-refractivity contribution in [2.24, 2.45) is 0 Å². The average Bonchev–Trinajstić information content (AvgIpc) is 3.25. The Balaban J connectivity index is 1.66. The molecule has 0 spiro atoms. The van der Waals surface area contributed by atoms with Gasteiger partial charge in [0.25, 0.3) is 0 Å². The lowest BCUT2D eigenvalue weighted by Crippen LogP contribution is -2.48. The molecule has 1 aliphatic heterocycles. The van der Waals surface area contributed by atoms with Crippen molar-refractivity contribution in [2.45, 2.75) is 25.9 Å². The molecule has 7 nitrogen and oxygen atoms in total. The Morgan fingerprint density at radius 1 is 0.967 bits per heavy atom. The van der Waals surface area contributed by atoms with Gasteiger partial charge in [-0.25, -0.2) is 9.07 Å². The van der Waals surface area contributed by atoms with Gasteiger partial charge in [0.15, 0.2) is 5.82 Å². The van der Waals surface area contributed by atoms with Crippen LogP contribution in [0.15, 0.2) is 48.5 Å². The van der Waals surface area contributed by atoms with E-state index in [4.69, 9.17) is 4.74 Å². The number of tetrazole rings is 1. The minimum Gasteiger partial charge on any atom is -0.496 e. The fourth-order valence-corrected chi connectivity index (χ4v) is 4.07. The molecule has 0 N–H and O–H groups in total. The number of para-hydroxylation sites is 2. The van der Waals surface area contributed by atoms with Crippen molar-refractivity contribution in [1.29, 1.82) is 0 Å². The first-order valence-corrected chi connectivity index (χ1v) is 10.2. The van der Waals surface area contributed by atoms with E-state index in [2.05, 4.69) is 45.2 Å². The summed E-state index contributed by atoms with van der Waals surface area (Å²) in [7, 11) is 1.68. The van der Waals surface area contributed by atoms with Crippen LogP contribution in [-0.4, -0.2) is 58.4 Å². The van der Waals surface area contributed by atoms with Crippen molar-refractivity contribution in [3.8, 4) is 5.75 Å². The van der Waals surface area contributed by atoms with Crippen LogP contribution in [0.2, 0.25) is 0 Å². The lowest BCUT2D eigenvalue weighted by Gasteiger charge is -2.40. The van der Waals surface area contributed by atoms with Gasteiger partial charge in [0.2, 0.25) is 0 Å². The van der Waals surface area contributed by atoms with Gasteiger partial charge in [0.1, 0.15) is 17.6 Å². The van der Waals surface area contributed by atoms with Gasteiger partial charge in [0.05, 0.1) is 18.8 Å². The lowest BCUT2D eigenvalue weighted by molar-refractivity contribution is 0.195. The van der Waals surface area contributed by atoms with Crippen LogP contribution >= 0.6 is 0 Å². The molecule has 0 aliphatic carbocycles. The number of methoxy groups -OCH3 is 1. The van der Waals surface area contributed by atoms with Crippen LogP contribution in [-0.2, 0) is 0 Å². The van der Waals surface area contributed by atoms with Crippen LogP contribution < -0.4 is 9.64 Å². The van der Waals surface area contributed by atoms with Crippen LogP contribution in [0, 0.1) is 5.82 Å². The smallest absolute Gasteiger partial charge is 0.173 e. The van der Waals surface area contributed by atoms with Crippen molar-refractivity contribution in [1.82, 2.24) is 25.1 Å². The molecule has 2 aromatic carbocycles. The summed E-state index contributed by atoms with van der Waals surface area (Å²) in [6, 6.07) is 14.9. The van der Waals surface area contributed by atoms with E-state index < -0.39 is 0 Å². The van der Waals surface area contributed by atoms with Gasteiger partial charge in [0, 0.05) is 31.7 Å². The molecule has 1 saturated heterocycles. The maximum Gasteiger partial charge on any atom is 0.173 e. The van der Waals surface area contributed by atoms with Crippen LogP contribution in [0.25, 0.3) is 0 Å². The number of anilines is 1. The number of aromatic nitrogens is 4. The van der Waals surface area contributed by atoms with Gasteiger partial charge < -0.3 is 9.64 Å². The largest absolute Gasteiger partial charge is 0.496 e. The SMILES string of the molecule is COc1ccccc1C(c1nnnn1C(C)C)N1CCN(c2ccccc2F)CC1. The number of nitrogens with zero attached hydrogens (tertiary/aromatic N) is 6. The summed E-state index contributed by atoms with van der Waals surface area (Å²) in [5.41, 5.74) is 1.68. The number of rotatable bonds is 6. The molecule has 8 heteroatoms. The van der Waals surface area contributed by atoms with Gasteiger partial charge in [-0.15, -0.1) is 5.10 Å². The van der Waals surface area contributed by atoms with Gasteiger partial charge >= 0.3 is 0 Å². The van der Waals surface area contributed by atoms with E-state index >= 15 is 0 Å². The number of halogens is 1. The highest BCUT2D eigenvalue weighted by molar-refractivity contribution is 5.48. The third kappa shape index (κ3) is 3.87. The molecule has 2 heterocycles. The molecule has 1 atom stereocenters. The van der Waals surface area contributed by atoms with E-state index in [0.717, 1.165) is 43.3 Å². The summed E-state index contributed by atoms with van der Waals surface area (Å²) in [6.07, 6.45) is 0. The average molecular weight is 410 g/mol. The maximum atomic E-state index is 14.3. The van der Waals surface area contributed by atoms with E-state index in [1.807, 2.05) is 35.0 Å². The minimum absolute atomic E-state index is 0.131. The summed E-state index contributed by atoms with van der Waals surface area (Å²) in [5.74, 6) is 1.40. The van der Waals surface area contributed by atoms with Crippen LogP contribution in [0.4, 0.5) is 10.1 Å². The minimum atomic E-state index is -0.184. The molecule has 0 amide bonds. The van der Waals surface area contributed by atoms with Crippen molar-refractivity contribution in [2.75, 3.05) is 38.2 Å². The number of hydrogen-bond donors (Lipinski definition) is 0. The van der Waals surface area contributed by atoms with Gasteiger partial charge in [-0.2, -0.15) is 0 Å². The number of hydrogen-bond acceptors (Lipinski definition) is 6. The van der Waals surface area contributed by atoms with E-state index in [1.165, 1.54) is 6.07 Å². The molecule has 1 aromatic heterocycles. The molecule has 158 valence electrons. The zero-order valence-electron chi connectivity index (χ0n) is 17.6. The molecule has 0 bridgehead atoms. The summed E-state index contributed by atoms with van der Waals surface area (Å²) < 4.78 is 21.8. The zero-order valence-corrected chi connectivity index (χ0v) is 17.6. The Labute approximate surface area is 176 Å². The summed E-state index contributed by atoms with van der Waals surface area (Å²) in [4.78, 5) is 4.44. The third-order valence-corrected chi connectivity index (χ3v) is 5.56. The Hall–Kier alpha value is -3.00. The number of benzene rings is 2. The first kappa shape index (κ1) is 20.3. The first-order chi connectivity index (χ1) is 14.6. The Kier molecular flexibility index (Phi) is 5.94. The van der Waals surface area contributed by atoms with Gasteiger partial charge in [-0.1, -0.05) is 30.3 Å². The number of ether oxygens (including phenoxy) is 1. The third-order valence-electron chi connectivity index (χ3n) is 5.56. The molecular weight excluding hydrogens is 383 g/mol. The quantitative estimate of drug-likeness (QED) is 0.621. The lowest BCUT2D eigenvalue weighted by atomic mass is 10.0. The molecular formula is C22H27FN6O. The highest BCUT2D eigenvalue weighted by atomic mass is 19.1. The van der Waals surface area contributed by atoms with Gasteiger partial charge in [-0.3, -0.25) is 4.90 Å². The Bertz CT molecular complexity index is 983. The molecule has 30 heavy (non-hydrogen) atoms. The molecule has 0 saturated carbocycles. The maximum absolute atomic E-state index is 14.3. The summed E-state index contributed by atoms with van der Waals surface area (Å²) in [5, 5.41) is 12.6. The summed E-state index contributed by atoms with van der Waals surface area (Å²) in [6.45, 7) is 7.07. The van der Waals surface area contributed by atoms with E-state index in [-0.39, 0.29) is 17.9 Å². The molecule has 1 aliphatic rings. The van der Waals surface area contributed by atoms with Crippen molar-refractivity contribution in [3.05, 3.63) is 65.7 Å². The van der Waals surface area contributed by atoms with Gasteiger partial charge in [-0.05, 0) is 42.5 Å². The predicted molar refractivity (Wildman–Crippen MR) is 113 cm³/mol. The fourth-order valence-electron chi connectivity index (χ4n) is 4.07. The van der Waals surface area contributed by atoms with E-state index in [1.54, 1.807) is 13.2 Å².